The highest BCUT2D eigenvalue weighted by Crippen LogP contribution is 2.34. The summed E-state index contributed by atoms with van der Waals surface area (Å²) in [4.78, 5) is 13.4. The SMILES string of the molecule is Cc1cc(Nc2nc(C)c(C)s2)cc([C@H]2CCCN(CC3CC3)C2)n1. The van der Waals surface area contributed by atoms with Gasteiger partial charge < -0.3 is 10.2 Å². The van der Waals surface area contributed by atoms with Crippen molar-refractivity contribution >= 4 is 22.2 Å². The van der Waals surface area contributed by atoms with Crippen molar-refractivity contribution in [1.29, 1.82) is 0 Å². The van der Waals surface area contributed by atoms with Crippen LogP contribution in [0.4, 0.5) is 10.8 Å². The molecule has 5 heteroatoms. The molecule has 0 radical (unpaired) electrons. The van der Waals surface area contributed by atoms with Gasteiger partial charge in [0, 0.05) is 41.0 Å². The summed E-state index contributed by atoms with van der Waals surface area (Å²) in [5, 5.41) is 4.47. The van der Waals surface area contributed by atoms with Gasteiger partial charge in [-0.15, -0.1) is 11.3 Å². The maximum Gasteiger partial charge on any atom is 0.187 e. The van der Waals surface area contributed by atoms with E-state index in [9.17, 15) is 0 Å². The summed E-state index contributed by atoms with van der Waals surface area (Å²) in [5.74, 6) is 1.53. The molecule has 4 rings (SSSR count). The van der Waals surface area contributed by atoms with E-state index < -0.39 is 0 Å². The van der Waals surface area contributed by atoms with Gasteiger partial charge in [0.05, 0.1) is 5.69 Å². The van der Waals surface area contributed by atoms with Gasteiger partial charge in [-0.3, -0.25) is 4.98 Å². The zero-order valence-electron chi connectivity index (χ0n) is 15.5. The first kappa shape index (κ1) is 17.0. The van der Waals surface area contributed by atoms with Crippen LogP contribution in [-0.4, -0.2) is 34.5 Å². The summed E-state index contributed by atoms with van der Waals surface area (Å²) in [6, 6.07) is 4.37. The number of pyridine rings is 1. The molecule has 1 N–H and O–H groups in total. The van der Waals surface area contributed by atoms with Gasteiger partial charge in [-0.25, -0.2) is 4.98 Å². The fraction of sp³-hybridized carbons (Fsp3) is 0.600. The Morgan fingerprint density at radius 1 is 1.16 bits per heavy atom. The average molecular weight is 357 g/mol. The maximum absolute atomic E-state index is 4.87. The second kappa shape index (κ2) is 7.04. The van der Waals surface area contributed by atoms with Crippen molar-refractivity contribution in [2.24, 2.45) is 5.92 Å². The van der Waals surface area contributed by atoms with Crippen molar-refractivity contribution in [2.45, 2.75) is 52.4 Å². The van der Waals surface area contributed by atoms with E-state index in [1.807, 2.05) is 0 Å². The minimum Gasteiger partial charge on any atom is -0.331 e. The zero-order chi connectivity index (χ0) is 17.4. The number of hydrogen-bond donors (Lipinski definition) is 1. The molecule has 1 saturated carbocycles. The van der Waals surface area contributed by atoms with Crippen LogP contribution in [0.1, 0.15) is 53.6 Å². The molecule has 1 atom stereocenters. The standard InChI is InChI=1S/C20H28N4S/c1-13-9-18(23-20-22-14(2)15(3)25-20)10-19(21-13)17-5-4-8-24(12-17)11-16-6-7-16/h9-10,16-17H,4-8,11-12H2,1-3H3,(H,21,22,23)/t17-/m0/s1. The minimum absolute atomic E-state index is 0.563. The lowest BCUT2D eigenvalue weighted by atomic mass is 9.93. The van der Waals surface area contributed by atoms with Gasteiger partial charge in [0.25, 0.3) is 0 Å². The molecule has 1 aliphatic carbocycles. The van der Waals surface area contributed by atoms with Gasteiger partial charge in [0.2, 0.25) is 0 Å². The smallest absolute Gasteiger partial charge is 0.187 e. The first-order chi connectivity index (χ1) is 12.1. The highest BCUT2D eigenvalue weighted by molar-refractivity contribution is 7.15. The Balaban J connectivity index is 1.50. The number of anilines is 2. The number of hydrogen-bond acceptors (Lipinski definition) is 5. The molecule has 0 unspecified atom stereocenters. The first-order valence-corrected chi connectivity index (χ1v) is 10.3. The number of piperidine rings is 1. The van der Waals surface area contributed by atoms with Crippen LogP contribution in [0.2, 0.25) is 0 Å². The number of thiazole rings is 1. The molecule has 0 amide bonds. The summed E-state index contributed by atoms with van der Waals surface area (Å²) in [6.07, 6.45) is 5.42. The first-order valence-electron chi connectivity index (χ1n) is 9.49. The number of nitrogens with zero attached hydrogens (tertiary/aromatic N) is 3. The third-order valence-electron chi connectivity index (χ3n) is 5.39. The summed E-state index contributed by atoms with van der Waals surface area (Å²) in [7, 11) is 0. The van der Waals surface area contributed by atoms with Crippen LogP contribution in [0.3, 0.4) is 0 Å². The minimum atomic E-state index is 0.563. The normalized spacial score (nSPS) is 21.5. The van der Waals surface area contributed by atoms with Crippen molar-refractivity contribution in [1.82, 2.24) is 14.9 Å². The number of rotatable bonds is 5. The van der Waals surface area contributed by atoms with Crippen LogP contribution in [-0.2, 0) is 0 Å². The van der Waals surface area contributed by atoms with E-state index in [0.717, 1.165) is 28.1 Å². The fourth-order valence-electron chi connectivity index (χ4n) is 3.75. The highest BCUT2D eigenvalue weighted by Gasteiger charge is 2.28. The van der Waals surface area contributed by atoms with Crippen LogP contribution in [0.25, 0.3) is 0 Å². The molecule has 25 heavy (non-hydrogen) atoms. The molecule has 134 valence electrons. The summed E-state index contributed by atoms with van der Waals surface area (Å²) in [6.45, 7) is 10.0. The second-order valence-corrected chi connectivity index (χ2v) is 8.95. The Morgan fingerprint density at radius 3 is 2.72 bits per heavy atom. The predicted molar refractivity (Wildman–Crippen MR) is 105 cm³/mol. The van der Waals surface area contributed by atoms with Gasteiger partial charge in [-0.1, -0.05) is 0 Å². The summed E-state index contributed by atoms with van der Waals surface area (Å²) >= 11 is 1.72. The molecule has 0 spiro atoms. The van der Waals surface area contributed by atoms with Crippen LogP contribution in [0, 0.1) is 26.7 Å². The second-order valence-electron chi connectivity index (χ2n) is 7.75. The van der Waals surface area contributed by atoms with Gasteiger partial charge in [0.15, 0.2) is 5.13 Å². The Bertz CT molecular complexity index is 731. The third-order valence-corrected chi connectivity index (χ3v) is 6.38. The lowest BCUT2D eigenvalue weighted by Gasteiger charge is -2.32. The average Bonchev–Trinajstić information content (AvgIpc) is 3.32. The Kier molecular flexibility index (Phi) is 4.78. The Morgan fingerprint density at radius 2 is 2.00 bits per heavy atom. The van der Waals surface area contributed by atoms with E-state index in [4.69, 9.17) is 4.98 Å². The van der Waals surface area contributed by atoms with Crippen LogP contribution < -0.4 is 5.32 Å². The van der Waals surface area contributed by atoms with Crippen molar-refractivity contribution in [3.8, 4) is 0 Å². The number of aryl methyl sites for hydroxylation is 3. The molecular weight excluding hydrogens is 328 g/mol. The van der Waals surface area contributed by atoms with Crippen molar-refractivity contribution in [3.05, 3.63) is 34.1 Å². The molecule has 2 fully saturated rings. The van der Waals surface area contributed by atoms with Gasteiger partial charge in [-0.2, -0.15) is 0 Å². The predicted octanol–water partition coefficient (Wildman–Crippen LogP) is 4.80. The maximum atomic E-state index is 4.87. The summed E-state index contributed by atoms with van der Waals surface area (Å²) in [5.41, 5.74) is 4.56. The third kappa shape index (κ3) is 4.21. The molecule has 3 heterocycles. The zero-order valence-corrected chi connectivity index (χ0v) is 16.3. The largest absolute Gasteiger partial charge is 0.331 e. The van der Waals surface area contributed by atoms with Crippen LogP contribution in [0.5, 0.6) is 0 Å². The monoisotopic (exact) mass is 356 g/mol. The number of aromatic nitrogens is 2. The van der Waals surface area contributed by atoms with E-state index in [1.165, 1.54) is 55.9 Å². The summed E-state index contributed by atoms with van der Waals surface area (Å²) < 4.78 is 0. The van der Waals surface area contributed by atoms with Crippen molar-refractivity contribution in [2.75, 3.05) is 25.0 Å². The van der Waals surface area contributed by atoms with E-state index in [1.54, 1.807) is 11.3 Å². The number of nitrogens with one attached hydrogen (secondary N) is 1. The Hall–Kier alpha value is -1.46. The number of likely N-dealkylation sites (tertiary alicyclic amines) is 1. The molecular formula is C20H28N4S. The van der Waals surface area contributed by atoms with E-state index in [0.29, 0.717) is 5.92 Å². The molecule has 4 nitrogen and oxygen atoms in total. The highest BCUT2D eigenvalue weighted by atomic mass is 32.1. The van der Waals surface area contributed by atoms with Gasteiger partial charge >= 0.3 is 0 Å². The van der Waals surface area contributed by atoms with Crippen LogP contribution in [0.15, 0.2) is 12.1 Å². The lowest BCUT2D eigenvalue weighted by molar-refractivity contribution is 0.198. The van der Waals surface area contributed by atoms with Crippen molar-refractivity contribution in [3.63, 3.8) is 0 Å². The van der Waals surface area contributed by atoms with Crippen molar-refractivity contribution < 1.29 is 0 Å². The quantitative estimate of drug-likeness (QED) is 0.836. The van der Waals surface area contributed by atoms with E-state index in [-0.39, 0.29) is 0 Å². The molecule has 2 aliphatic rings. The molecule has 2 aromatic rings. The molecule has 0 aromatic carbocycles. The molecule has 2 aromatic heterocycles. The topological polar surface area (TPSA) is 41.1 Å². The molecule has 1 aliphatic heterocycles. The molecule has 1 saturated heterocycles. The fourth-order valence-corrected chi connectivity index (χ4v) is 4.59. The molecule has 0 bridgehead atoms. The van der Waals surface area contributed by atoms with E-state index >= 15 is 0 Å². The Labute approximate surface area is 154 Å². The van der Waals surface area contributed by atoms with Gasteiger partial charge in [-0.05, 0) is 71.0 Å². The lowest BCUT2D eigenvalue weighted by Crippen LogP contribution is -2.36. The van der Waals surface area contributed by atoms with Gasteiger partial charge in [0.1, 0.15) is 0 Å². The van der Waals surface area contributed by atoms with Crippen LogP contribution >= 0.6 is 11.3 Å². The van der Waals surface area contributed by atoms with E-state index in [2.05, 4.69) is 48.1 Å².